The van der Waals surface area contributed by atoms with Gasteiger partial charge in [0.2, 0.25) is 0 Å². The molecule has 3 aromatic rings. The van der Waals surface area contributed by atoms with Crippen LogP contribution in [0.3, 0.4) is 0 Å². The number of nitrogens with one attached hydrogen (secondary N) is 2. The lowest BCUT2D eigenvalue weighted by atomic mass is 10.1. The number of benzene rings is 2. The molecular weight excluding hydrogens is 288 g/mol. The van der Waals surface area contributed by atoms with Gasteiger partial charge in [0, 0.05) is 29.2 Å². The summed E-state index contributed by atoms with van der Waals surface area (Å²) < 4.78 is 5.28. The van der Waals surface area contributed by atoms with Crippen molar-refractivity contribution in [3.63, 3.8) is 0 Å². The van der Waals surface area contributed by atoms with Crippen molar-refractivity contribution in [1.29, 1.82) is 0 Å². The van der Waals surface area contributed by atoms with Gasteiger partial charge in [0.25, 0.3) is 5.91 Å². The van der Waals surface area contributed by atoms with E-state index in [-0.39, 0.29) is 5.91 Å². The number of aryl methyl sites for hydroxylation is 1. The van der Waals surface area contributed by atoms with Crippen LogP contribution in [-0.4, -0.2) is 24.5 Å². The molecule has 1 heterocycles. The third kappa shape index (κ3) is 3.21. The lowest BCUT2D eigenvalue weighted by Crippen LogP contribution is -2.26. The number of aromatic amines is 1. The maximum absolute atomic E-state index is 12.2. The first-order valence-electron chi connectivity index (χ1n) is 7.67. The van der Waals surface area contributed by atoms with Gasteiger partial charge in [0.1, 0.15) is 5.75 Å². The summed E-state index contributed by atoms with van der Waals surface area (Å²) in [6, 6.07) is 13.6. The molecule has 4 nitrogen and oxygen atoms in total. The number of amides is 1. The molecule has 23 heavy (non-hydrogen) atoms. The molecule has 0 fully saturated rings. The summed E-state index contributed by atoms with van der Waals surface area (Å²) in [5, 5.41) is 4.12. The number of hydrogen-bond donors (Lipinski definition) is 2. The lowest BCUT2D eigenvalue weighted by molar-refractivity contribution is 0.0953. The number of ether oxygens (including phenoxy) is 1. The van der Waals surface area contributed by atoms with Crippen molar-refractivity contribution in [3.8, 4) is 5.75 Å². The Kier molecular flexibility index (Phi) is 4.33. The van der Waals surface area contributed by atoms with Gasteiger partial charge in [-0.2, -0.15) is 0 Å². The normalized spacial score (nSPS) is 10.7. The molecule has 0 aliphatic carbocycles. The number of carbonyl (C=O) groups excluding carboxylic acids is 1. The molecule has 0 bridgehead atoms. The molecule has 4 heteroatoms. The van der Waals surface area contributed by atoms with Crippen LogP contribution in [0.1, 0.15) is 21.5 Å². The van der Waals surface area contributed by atoms with E-state index in [2.05, 4.69) is 10.3 Å². The van der Waals surface area contributed by atoms with Gasteiger partial charge in [-0.15, -0.1) is 0 Å². The smallest absolute Gasteiger partial charge is 0.251 e. The van der Waals surface area contributed by atoms with Crippen LogP contribution in [0.25, 0.3) is 10.9 Å². The van der Waals surface area contributed by atoms with E-state index in [9.17, 15) is 4.79 Å². The van der Waals surface area contributed by atoms with E-state index in [0.29, 0.717) is 6.54 Å². The van der Waals surface area contributed by atoms with E-state index in [1.54, 1.807) is 7.11 Å². The number of H-pyrrole nitrogens is 1. The number of fused-ring (bicyclic) bond motifs is 1. The summed E-state index contributed by atoms with van der Waals surface area (Å²) in [7, 11) is 1.66. The van der Waals surface area contributed by atoms with Gasteiger partial charge in [0.05, 0.1) is 7.11 Å². The first-order chi connectivity index (χ1) is 11.2. The fourth-order valence-corrected chi connectivity index (χ4v) is 2.72. The Morgan fingerprint density at radius 2 is 2.04 bits per heavy atom. The molecule has 3 rings (SSSR count). The fourth-order valence-electron chi connectivity index (χ4n) is 2.72. The van der Waals surface area contributed by atoms with Crippen molar-refractivity contribution >= 4 is 16.8 Å². The molecule has 0 spiro atoms. The quantitative estimate of drug-likeness (QED) is 0.758. The minimum atomic E-state index is -0.0273. The fraction of sp³-hybridized carbons (Fsp3) is 0.211. The summed E-state index contributed by atoms with van der Waals surface area (Å²) >= 11 is 0. The van der Waals surface area contributed by atoms with Gasteiger partial charge in [-0.3, -0.25) is 4.79 Å². The molecule has 1 aromatic heterocycles. The van der Waals surface area contributed by atoms with Crippen LogP contribution >= 0.6 is 0 Å². The van der Waals surface area contributed by atoms with E-state index < -0.39 is 0 Å². The zero-order chi connectivity index (χ0) is 16.2. The predicted octanol–water partition coefficient (Wildman–Crippen LogP) is 3.46. The van der Waals surface area contributed by atoms with Crippen LogP contribution in [0.2, 0.25) is 0 Å². The van der Waals surface area contributed by atoms with Gasteiger partial charge < -0.3 is 15.0 Å². The minimum Gasteiger partial charge on any atom is -0.497 e. The maximum Gasteiger partial charge on any atom is 0.251 e. The third-order valence-electron chi connectivity index (χ3n) is 4.04. The number of methoxy groups -OCH3 is 1. The number of aromatic nitrogens is 1. The molecule has 1 amide bonds. The zero-order valence-corrected chi connectivity index (χ0v) is 13.3. The highest BCUT2D eigenvalue weighted by molar-refractivity contribution is 5.95. The van der Waals surface area contributed by atoms with E-state index in [1.165, 1.54) is 5.56 Å². The van der Waals surface area contributed by atoms with Crippen LogP contribution in [0.4, 0.5) is 0 Å². The SMILES string of the molecule is COc1ccc2[nH]cc(CCNC(=O)c3ccccc3C)c2c1. The Bertz CT molecular complexity index is 836. The highest BCUT2D eigenvalue weighted by Gasteiger charge is 2.09. The maximum atomic E-state index is 12.2. The van der Waals surface area contributed by atoms with E-state index >= 15 is 0 Å². The van der Waals surface area contributed by atoms with Gasteiger partial charge in [0.15, 0.2) is 0 Å². The highest BCUT2D eigenvalue weighted by atomic mass is 16.5. The van der Waals surface area contributed by atoms with Gasteiger partial charge in [-0.1, -0.05) is 18.2 Å². The molecule has 2 aromatic carbocycles. The van der Waals surface area contributed by atoms with Crippen LogP contribution in [0.15, 0.2) is 48.7 Å². The molecule has 2 N–H and O–H groups in total. The van der Waals surface area contributed by atoms with Crippen molar-refractivity contribution < 1.29 is 9.53 Å². The van der Waals surface area contributed by atoms with E-state index in [0.717, 1.165) is 34.2 Å². The van der Waals surface area contributed by atoms with Crippen molar-refractivity contribution in [2.24, 2.45) is 0 Å². The molecule has 0 unspecified atom stereocenters. The Hall–Kier alpha value is -2.75. The zero-order valence-electron chi connectivity index (χ0n) is 13.3. The average Bonchev–Trinajstić information content (AvgIpc) is 2.97. The second kappa shape index (κ2) is 6.57. The lowest BCUT2D eigenvalue weighted by Gasteiger charge is -2.07. The summed E-state index contributed by atoms with van der Waals surface area (Å²) in [4.78, 5) is 15.5. The van der Waals surface area contributed by atoms with Gasteiger partial charge >= 0.3 is 0 Å². The second-order valence-corrected chi connectivity index (χ2v) is 5.55. The van der Waals surface area contributed by atoms with Crippen molar-refractivity contribution in [3.05, 3.63) is 65.4 Å². The van der Waals surface area contributed by atoms with Crippen molar-refractivity contribution in [1.82, 2.24) is 10.3 Å². The Balaban J connectivity index is 1.67. The number of hydrogen-bond acceptors (Lipinski definition) is 2. The largest absolute Gasteiger partial charge is 0.497 e. The summed E-state index contributed by atoms with van der Waals surface area (Å²) in [5.74, 6) is 0.808. The first kappa shape index (κ1) is 15.2. The molecule has 0 saturated carbocycles. The van der Waals surface area contributed by atoms with Gasteiger partial charge in [-0.25, -0.2) is 0 Å². The van der Waals surface area contributed by atoms with Crippen LogP contribution in [-0.2, 0) is 6.42 Å². The Morgan fingerprint density at radius 3 is 2.83 bits per heavy atom. The molecule has 0 atom stereocenters. The van der Waals surface area contributed by atoms with Crippen molar-refractivity contribution in [2.45, 2.75) is 13.3 Å². The predicted molar refractivity (Wildman–Crippen MR) is 92.1 cm³/mol. The Labute approximate surface area is 135 Å². The summed E-state index contributed by atoms with van der Waals surface area (Å²) in [6.45, 7) is 2.54. The monoisotopic (exact) mass is 308 g/mol. The number of rotatable bonds is 5. The van der Waals surface area contributed by atoms with Gasteiger partial charge in [-0.05, 0) is 48.7 Å². The molecule has 0 saturated heterocycles. The van der Waals surface area contributed by atoms with Crippen LogP contribution in [0, 0.1) is 6.92 Å². The molecule has 0 aliphatic heterocycles. The summed E-state index contributed by atoms with van der Waals surface area (Å²) in [5.41, 5.74) is 3.96. The topological polar surface area (TPSA) is 54.1 Å². The molecule has 118 valence electrons. The highest BCUT2D eigenvalue weighted by Crippen LogP contribution is 2.23. The van der Waals surface area contributed by atoms with Crippen LogP contribution < -0.4 is 10.1 Å². The first-order valence-corrected chi connectivity index (χ1v) is 7.67. The molecule has 0 radical (unpaired) electrons. The average molecular weight is 308 g/mol. The standard InChI is InChI=1S/C19H20N2O2/c1-13-5-3-4-6-16(13)19(22)20-10-9-14-12-21-18-8-7-15(23-2)11-17(14)18/h3-8,11-12,21H,9-10H2,1-2H3,(H,20,22). The second-order valence-electron chi connectivity index (χ2n) is 5.55. The molecular formula is C19H20N2O2. The van der Waals surface area contributed by atoms with E-state index in [1.807, 2.05) is 55.6 Å². The van der Waals surface area contributed by atoms with Crippen LogP contribution in [0.5, 0.6) is 5.75 Å². The van der Waals surface area contributed by atoms with Crippen molar-refractivity contribution in [2.75, 3.05) is 13.7 Å². The number of carbonyl (C=O) groups is 1. The summed E-state index contributed by atoms with van der Waals surface area (Å²) in [6.07, 6.45) is 2.76. The molecule has 0 aliphatic rings. The minimum absolute atomic E-state index is 0.0273. The third-order valence-corrected chi connectivity index (χ3v) is 4.04. The van der Waals surface area contributed by atoms with E-state index in [4.69, 9.17) is 4.74 Å². The Morgan fingerprint density at radius 1 is 1.22 bits per heavy atom.